The number of benzene rings is 2. The average molecular weight is 392 g/mol. The number of nitrogens with one attached hydrogen (secondary N) is 2. The Balaban J connectivity index is 1.51. The van der Waals surface area contributed by atoms with E-state index in [1.54, 1.807) is 24.3 Å². The summed E-state index contributed by atoms with van der Waals surface area (Å²) in [6.45, 7) is -1.50. The molecule has 1 aliphatic carbocycles. The van der Waals surface area contributed by atoms with E-state index >= 15 is 0 Å². The first kappa shape index (κ1) is 19.9. The van der Waals surface area contributed by atoms with E-state index in [9.17, 15) is 22.8 Å². The van der Waals surface area contributed by atoms with Crippen LogP contribution in [0, 0.1) is 0 Å². The Hall–Kier alpha value is -2.87. The van der Waals surface area contributed by atoms with Gasteiger partial charge < -0.3 is 15.4 Å². The molecule has 2 amide bonds. The number of alkyl halides is 3. The molecular weight excluding hydrogens is 373 g/mol. The van der Waals surface area contributed by atoms with Gasteiger partial charge in [-0.05, 0) is 54.8 Å². The second-order valence-electron chi connectivity index (χ2n) is 6.58. The molecule has 8 heteroatoms. The molecular formula is C20H19F3N2O3. The molecule has 0 spiro atoms. The van der Waals surface area contributed by atoms with E-state index in [0.717, 1.165) is 12.8 Å². The molecule has 0 aliphatic heterocycles. The van der Waals surface area contributed by atoms with Crippen LogP contribution >= 0.6 is 0 Å². The van der Waals surface area contributed by atoms with Crippen LogP contribution < -0.4 is 10.6 Å². The van der Waals surface area contributed by atoms with Crippen LogP contribution in [0.25, 0.3) is 0 Å². The standard InChI is InChI=1S/C20H19F3N2O3/c21-20(22,23)12-28-11-13-1-3-14(4-2-13)18(26)24-16-7-5-15(6-8-16)19(27)25-17-9-10-17/h1-8,17H,9-12H2,(H,24,26)(H,25,27). The van der Waals surface area contributed by atoms with Gasteiger partial charge in [-0.1, -0.05) is 12.1 Å². The number of halogens is 3. The number of carbonyl (C=O) groups is 2. The molecule has 0 saturated heterocycles. The van der Waals surface area contributed by atoms with Crippen molar-refractivity contribution in [3.8, 4) is 0 Å². The summed E-state index contributed by atoms with van der Waals surface area (Å²) in [7, 11) is 0. The molecule has 0 radical (unpaired) electrons. The minimum Gasteiger partial charge on any atom is -0.367 e. The van der Waals surface area contributed by atoms with Crippen LogP contribution in [0.1, 0.15) is 39.1 Å². The highest BCUT2D eigenvalue weighted by atomic mass is 19.4. The Morgan fingerprint density at radius 3 is 2.07 bits per heavy atom. The fourth-order valence-electron chi connectivity index (χ4n) is 2.44. The van der Waals surface area contributed by atoms with Gasteiger partial charge in [0.1, 0.15) is 6.61 Å². The van der Waals surface area contributed by atoms with Crippen LogP contribution in [0.5, 0.6) is 0 Å². The number of amides is 2. The Morgan fingerprint density at radius 1 is 0.929 bits per heavy atom. The van der Waals surface area contributed by atoms with Gasteiger partial charge >= 0.3 is 6.18 Å². The highest BCUT2D eigenvalue weighted by Crippen LogP contribution is 2.20. The fraction of sp³-hybridized carbons (Fsp3) is 0.300. The summed E-state index contributed by atoms with van der Waals surface area (Å²) in [5, 5.41) is 5.59. The number of anilines is 1. The maximum Gasteiger partial charge on any atom is 0.411 e. The van der Waals surface area contributed by atoms with Gasteiger partial charge in [-0.3, -0.25) is 9.59 Å². The quantitative estimate of drug-likeness (QED) is 0.751. The van der Waals surface area contributed by atoms with Crippen LogP contribution in [0.3, 0.4) is 0 Å². The zero-order chi connectivity index (χ0) is 20.1. The lowest BCUT2D eigenvalue weighted by atomic mass is 10.1. The van der Waals surface area contributed by atoms with Crippen LogP contribution in [0.15, 0.2) is 48.5 Å². The minimum atomic E-state index is -4.37. The summed E-state index contributed by atoms with van der Waals surface area (Å²) < 4.78 is 40.8. The molecule has 2 N–H and O–H groups in total. The Labute approximate surface area is 159 Å². The molecule has 0 bridgehead atoms. The first-order chi connectivity index (χ1) is 13.3. The van der Waals surface area contributed by atoms with E-state index in [2.05, 4.69) is 15.4 Å². The van der Waals surface area contributed by atoms with E-state index in [1.807, 2.05) is 0 Å². The third-order valence-corrected chi connectivity index (χ3v) is 4.07. The fourth-order valence-corrected chi connectivity index (χ4v) is 2.44. The highest BCUT2D eigenvalue weighted by Gasteiger charge is 2.27. The van der Waals surface area contributed by atoms with Crippen molar-refractivity contribution in [3.05, 3.63) is 65.2 Å². The maximum atomic E-state index is 12.3. The van der Waals surface area contributed by atoms with Gasteiger partial charge in [0.15, 0.2) is 0 Å². The summed E-state index contributed by atoms with van der Waals surface area (Å²) in [5.74, 6) is -0.498. The zero-order valence-electron chi connectivity index (χ0n) is 14.9. The topological polar surface area (TPSA) is 67.4 Å². The van der Waals surface area contributed by atoms with E-state index < -0.39 is 12.8 Å². The lowest BCUT2D eigenvalue weighted by Gasteiger charge is -2.09. The molecule has 148 valence electrons. The van der Waals surface area contributed by atoms with Crippen molar-refractivity contribution in [1.29, 1.82) is 0 Å². The molecule has 3 rings (SSSR count). The lowest BCUT2D eigenvalue weighted by molar-refractivity contribution is -0.176. The normalized spacial score (nSPS) is 13.8. The van der Waals surface area contributed by atoms with Gasteiger partial charge in [0.05, 0.1) is 6.61 Å². The van der Waals surface area contributed by atoms with Crippen molar-refractivity contribution >= 4 is 17.5 Å². The molecule has 28 heavy (non-hydrogen) atoms. The molecule has 5 nitrogen and oxygen atoms in total. The average Bonchev–Trinajstić information content (AvgIpc) is 3.46. The van der Waals surface area contributed by atoms with Crippen molar-refractivity contribution in [2.45, 2.75) is 31.7 Å². The summed E-state index contributed by atoms with van der Waals surface area (Å²) in [5.41, 5.74) is 1.95. The van der Waals surface area contributed by atoms with E-state index in [1.165, 1.54) is 24.3 Å². The van der Waals surface area contributed by atoms with Crippen LogP contribution in [-0.4, -0.2) is 30.6 Å². The lowest BCUT2D eigenvalue weighted by Crippen LogP contribution is -2.25. The summed E-state index contributed by atoms with van der Waals surface area (Å²) >= 11 is 0. The van der Waals surface area contributed by atoms with Crippen molar-refractivity contribution in [2.24, 2.45) is 0 Å². The van der Waals surface area contributed by atoms with Crippen molar-refractivity contribution in [2.75, 3.05) is 11.9 Å². The molecule has 0 unspecified atom stereocenters. The third-order valence-electron chi connectivity index (χ3n) is 4.07. The first-order valence-electron chi connectivity index (χ1n) is 8.76. The van der Waals surface area contributed by atoms with E-state index in [-0.39, 0.29) is 24.5 Å². The number of ether oxygens (including phenoxy) is 1. The smallest absolute Gasteiger partial charge is 0.367 e. The first-order valence-corrected chi connectivity index (χ1v) is 8.76. The van der Waals surface area contributed by atoms with Crippen LogP contribution in [0.4, 0.5) is 18.9 Å². The summed E-state index contributed by atoms with van der Waals surface area (Å²) in [4.78, 5) is 24.2. The number of hydrogen-bond donors (Lipinski definition) is 2. The Kier molecular flexibility index (Phi) is 5.99. The van der Waals surface area contributed by atoms with Gasteiger partial charge in [-0.2, -0.15) is 13.2 Å². The predicted octanol–water partition coefficient (Wildman–Crippen LogP) is 3.91. The van der Waals surface area contributed by atoms with Gasteiger partial charge in [0.25, 0.3) is 11.8 Å². The summed E-state index contributed by atoms with van der Waals surface area (Å²) in [6, 6.07) is 12.9. The zero-order valence-corrected chi connectivity index (χ0v) is 14.9. The second-order valence-corrected chi connectivity index (χ2v) is 6.58. The molecule has 2 aromatic carbocycles. The highest BCUT2D eigenvalue weighted by molar-refractivity contribution is 6.04. The summed E-state index contributed by atoms with van der Waals surface area (Å²) in [6.07, 6.45) is -2.35. The molecule has 1 saturated carbocycles. The third kappa shape index (κ3) is 6.09. The number of carbonyl (C=O) groups excluding carboxylic acids is 2. The molecule has 0 heterocycles. The van der Waals surface area contributed by atoms with Gasteiger partial charge in [0, 0.05) is 22.9 Å². The molecule has 1 fully saturated rings. The number of hydrogen-bond acceptors (Lipinski definition) is 3. The van der Waals surface area contributed by atoms with Crippen LogP contribution in [0.2, 0.25) is 0 Å². The van der Waals surface area contributed by atoms with Crippen molar-refractivity contribution in [3.63, 3.8) is 0 Å². The van der Waals surface area contributed by atoms with Crippen LogP contribution in [-0.2, 0) is 11.3 Å². The van der Waals surface area contributed by atoms with E-state index in [4.69, 9.17) is 0 Å². The predicted molar refractivity (Wildman–Crippen MR) is 97.0 cm³/mol. The monoisotopic (exact) mass is 392 g/mol. The van der Waals surface area contributed by atoms with E-state index in [0.29, 0.717) is 22.4 Å². The van der Waals surface area contributed by atoms with Gasteiger partial charge in [-0.15, -0.1) is 0 Å². The molecule has 0 atom stereocenters. The van der Waals surface area contributed by atoms with Crippen molar-refractivity contribution in [1.82, 2.24) is 5.32 Å². The van der Waals surface area contributed by atoms with Crippen molar-refractivity contribution < 1.29 is 27.5 Å². The molecule has 0 aromatic heterocycles. The SMILES string of the molecule is O=C(Nc1ccc(C(=O)NC2CC2)cc1)c1ccc(COCC(F)(F)F)cc1. The van der Waals surface area contributed by atoms with Gasteiger partial charge in [0.2, 0.25) is 0 Å². The van der Waals surface area contributed by atoms with Gasteiger partial charge in [-0.25, -0.2) is 0 Å². The Bertz CT molecular complexity index is 829. The number of rotatable bonds is 7. The largest absolute Gasteiger partial charge is 0.411 e. The molecule has 1 aliphatic rings. The maximum absolute atomic E-state index is 12.3. The Morgan fingerprint density at radius 2 is 1.50 bits per heavy atom. The second kappa shape index (κ2) is 8.43. The minimum absolute atomic E-state index is 0.135. The molecule has 2 aromatic rings.